The highest BCUT2D eigenvalue weighted by Gasteiger charge is 2.11. The maximum Gasteiger partial charge on any atom is 0.251 e. The molecule has 0 saturated heterocycles. The van der Waals surface area contributed by atoms with Crippen molar-refractivity contribution in [1.29, 1.82) is 0 Å². The summed E-state index contributed by atoms with van der Waals surface area (Å²) in [6, 6.07) is 15.5. The van der Waals surface area contributed by atoms with Crippen molar-refractivity contribution in [3.8, 4) is 5.75 Å². The molecular weight excluding hydrogens is 340 g/mol. The van der Waals surface area contributed by atoms with Crippen LogP contribution in [0.2, 0.25) is 0 Å². The number of rotatable bonds is 6. The van der Waals surface area contributed by atoms with E-state index in [0.717, 1.165) is 28.6 Å². The van der Waals surface area contributed by atoms with Crippen LogP contribution in [0.25, 0.3) is 10.9 Å². The van der Waals surface area contributed by atoms with Crippen molar-refractivity contribution in [2.75, 3.05) is 20.7 Å². The Balaban J connectivity index is 1.62. The molecule has 0 unspecified atom stereocenters. The van der Waals surface area contributed by atoms with Crippen LogP contribution in [0.15, 0.2) is 53.3 Å². The van der Waals surface area contributed by atoms with E-state index in [1.807, 2.05) is 55.6 Å². The minimum atomic E-state index is -0.0791. The summed E-state index contributed by atoms with van der Waals surface area (Å²) < 4.78 is 5.16. The molecule has 140 valence electrons. The fraction of sp³-hybridized carbons (Fsp3) is 0.273. The Morgan fingerprint density at radius 1 is 1.07 bits per heavy atom. The smallest absolute Gasteiger partial charge is 0.251 e. The lowest BCUT2D eigenvalue weighted by molar-refractivity contribution is -0.129. The summed E-state index contributed by atoms with van der Waals surface area (Å²) in [6.07, 6.45) is 1.14. The van der Waals surface area contributed by atoms with Gasteiger partial charge >= 0.3 is 0 Å². The Morgan fingerprint density at radius 2 is 1.78 bits per heavy atom. The monoisotopic (exact) mass is 364 g/mol. The molecule has 1 heterocycles. The molecule has 0 spiro atoms. The second-order valence-corrected chi connectivity index (χ2v) is 6.79. The number of fused-ring (bicyclic) bond motifs is 1. The van der Waals surface area contributed by atoms with E-state index in [1.54, 1.807) is 18.9 Å². The summed E-state index contributed by atoms with van der Waals surface area (Å²) in [5.74, 6) is 0.903. The molecule has 3 rings (SSSR count). The van der Waals surface area contributed by atoms with Crippen LogP contribution in [0.5, 0.6) is 5.75 Å². The molecule has 0 radical (unpaired) electrons. The van der Waals surface area contributed by atoms with E-state index in [-0.39, 0.29) is 11.5 Å². The molecule has 0 aliphatic carbocycles. The Hall–Kier alpha value is -3.08. The van der Waals surface area contributed by atoms with E-state index < -0.39 is 0 Å². The Kier molecular flexibility index (Phi) is 5.60. The first-order valence-corrected chi connectivity index (χ1v) is 8.96. The van der Waals surface area contributed by atoms with Crippen LogP contribution in [-0.2, 0) is 17.6 Å². The number of H-pyrrole nitrogens is 1. The molecule has 5 nitrogen and oxygen atoms in total. The zero-order chi connectivity index (χ0) is 19.4. The topological polar surface area (TPSA) is 62.4 Å². The summed E-state index contributed by atoms with van der Waals surface area (Å²) in [4.78, 5) is 28.8. The minimum absolute atomic E-state index is 0.0732. The Labute approximate surface area is 158 Å². The Bertz CT molecular complexity index is 1010. The first kappa shape index (κ1) is 18.7. The summed E-state index contributed by atoms with van der Waals surface area (Å²) in [5, 5.41) is 0.943. The Morgan fingerprint density at radius 3 is 2.48 bits per heavy atom. The number of pyridine rings is 1. The fourth-order valence-corrected chi connectivity index (χ4v) is 3.00. The molecule has 27 heavy (non-hydrogen) atoms. The van der Waals surface area contributed by atoms with Crippen LogP contribution >= 0.6 is 0 Å². The van der Waals surface area contributed by atoms with Gasteiger partial charge in [0.2, 0.25) is 5.91 Å². The van der Waals surface area contributed by atoms with Crippen LogP contribution in [0.4, 0.5) is 0 Å². The third-order valence-corrected chi connectivity index (χ3v) is 4.77. The van der Waals surface area contributed by atoms with Crippen molar-refractivity contribution in [2.24, 2.45) is 0 Å². The van der Waals surface area contributed by atoms with Crippen molar-refractivity contribution < 1.29 is 9.53 Å². The molecule has 1 amide bonds. The lowest BCUT2D eigenvalue weighted by Crippen LogP contribution is -2.30. The van der Waals surface area contributed by atoms with Crippen LogP contribution < -0.4 is 10.3 Å². The number of methoxy groups -OCH3 is 1. The number of ether oxygens (including phenoxy) is 1. The number of amides is 1. The number of carbonyl (C=O) groups excluding carboxylic acids is 1. The maximum atomic E-state index is 12.5. The van der Waals surface area contributed by atoms with E-state index in [1.165, 1.54) is 5.56 Å². The van der Waals surface area contributed by atoms with Gasteiger partial charge in [-0.25, -0.2) is 0 Å². The number of nitrogens with zero attached hydrogens (tertiary/aromatic N) is 1. The highest BCUT2D eigenvalue weighted by atomic mass is 16.5. The van der Waals surface area contributed by atoms with Crippen LogP contribution in [0.3, 0.4) is 0 Å². The average molecular weight is 364 g/mol. The third kappa shape index (κ3) is 4.56. The van der Waals surface area contributed by atoms with Gasteiger partial charge in [0.1, 0.15) is 5.75 Å². The predicted octanol–water partition coefficient (Wildman–Crippen LogP) is 3.09. The fourth-order valence-electron chi connectivity index (χ4n) is 3.00. The molecule has 0 atom stereocenters. The zero-order valence-corrected chi connectivity index (χ0v) is 15.9. The summed E-state index contributed by atoms with van der Waals surface area (Å²) in [5.41, 5.74) is 3.48. The van der Waals surface area contributed by atoms with Crippen molar-refractivity contribution >= 4 is 16.8 Å². The first-order chi connectivity index (χ1) is 13.0. The second kappa shape index (κ2) is 8.08. The molecule has 3 aromatic rings. The molecule has 1 N–H and O–H groups in total. The maximum absolute atomic E-state index is 12.5. The van der Waals surface area contributed by atoms with Crippen molar-refractivity contribution in [1.82, 2.24) is 9.88 Å². The van der Waals surface area contributed by atoms with Crippen molar-refractivity contribution in [2.45, 2.75) is 19.8 Å². The van der Waals surface area contributed by atoms with Crippen LogP contribution in [0.1, 0.15) is 16.7 Å². The minimum Gasteiger partial charge on any atom is -0.497 e. The van der Waals surface area contributed by atoms with E-state index in [0.29, 0.717) is 18.5 Å². The third-order valence-electron chi connectivity index (χ3n) is 4.77. The van der Waals surface area contributed by atoms with Gasteiger partial charge in [-0.3, -0.25) is 9.59 Å². The average Bonchev–Trinajstić information content (AvgIpc) is 2.67. The largest absolute Gasteiger partial charge is 0.497 e. The molecule has 2 aromatic carbocycles. The second-order valence-electron chi connectivity index (χ2n) is 6.79. The van der Waals surface area contributed by atoms with Gasteiger partial charge in [0.15, 0.2) is 0 Å². The highest BCUT2D eigenvalue weighted by molar-refractivity contribution is 5.83. The van der Waals surface area contributed by atoms with Gasteiger partial charge < -0.3 is 14.6 Å². The number of carbonyl (C=O) groups is 1. The van der Waals surface area contributed by atoms with Gasteiger partial charge in [0, 0.05) is 24.7 Å². The number of aromatic amines is 1. The van der Waals surface area contributed by atoms with Crippen LogP contribution in [0, 0.1) is 6.92 Å². The zero-order valence-electron chi connectivity index (χ0n) is 15.9. The molecule has 0 saturated carbocycles. The normalized spacial score (nSPS) is 10.8. The van der Waals surface area contributed by atoms with Gasteiger partial charge in [-0.05, 0) is 60.2 Å². The molecule has 0 bridgehead atoms. The molecular formula is C22H24N2O3. The molecule has 0 fully saturated rings. The van der Waals surface area contributed by atoms with Crippen molar-refractivity contribution in [3.05, 3.63) is 75.6 Å². The standard InChI is InChI=1S/C22H24N2O3/c1-15-12-18-13-17(6-9-20(18)23-22(15)26)14-21(25)24(2)11-10-16-4-7-19(27-3)8-5-16/h4-9,12-13H,10-11,14H2,1-3H3,(H,23,26). The highest BCUT2D eigenvalue weighted by Crippen LogP contribution is 2.15. The number of aryl methyl sites for hydroxylation is 1. The summed E-state index contributed by atoms with van der Waals surface area (Å²) in [7, 11) is 3.47. The lowest BCUT2D eigenvalue weighted by atomic mass is 10.1. The number of aromatic nitrogens is 1. The number of likely N-dealkylation sites (N-methyl/N-ethyl adjacent to an activating group) is 1. The summed E-state index contributed by atoms with van der Waals surface area (Å²) in [6.45, 7) is 2.44. The molecule has 1 aromatic heterocycles. The quantitative estimate of drug-likeness (QED) is 0.731. The van der Waals surface area contributed by atoms with Gasteiger partial charge in [0.25, 0.3) is 5.56 Å². The van der Waals surface area contributed by atoms with Gasteiger partial charge in [0.05, 0.1) is 13.5 Å². The summed E-state index contributed by atoms with van der Waals surface area (Å²) >= 11 is 0. The number of benzene rings is 2. The van der Waals surface area contributed by atoms with Crippen LogP contribution in [-0.4, -0.2) is 36.5 Å². The van der Waals surface area contributed by atoms with E-state index >= 15 is 0 Å². The molecule has 5 heteroatoms. The van der Waals surface area contributed by atoms with Gasteiger partial charge in [-0.15, -0.1) is 0 Å². The first-order valence-electron chi connectivity index (χ1n) is 8.96. The van der Waals surface area contributed by atoms with Crippen molar-refractivity contribution in [3.63, 3.8) is 0 Å². The number of hydrogen-bond acceptors (Lipinski definition) is 3. The molecule has 0 aliphatic rings. The van der Waals surface area contributed by atoms with Gasteiger partial charge in [-0.1, -0.05) is 18.2 Å². The molecule has 0 aliphatic heterocycles. The predicted molar refractivity (Wildman–Crippen MR) is 107 cm³/mol. The lowest BCUT2D eigenvalue weighted by Gasteiger charge is -2.17. The van der Waals surface area contributed by atoms with E-state index in [2.05, 4.69) is 4.98 Å². The van der Waals surface area contributed by atoms with E-state index in [4.69, 9.17) is 4.74 Å². The number of nitrogens with one attached hydrogen (secondary N) is 1. The SMILES string of the molecule is COc1ccc(CCN(C)C(=O)Cc2ccc3[nH]c(=O)c(C)cc3c2)cc1. The number of hydrogen-bond donors (Lipinski definition) is 1. The van der Waals surface area contributed by atoms with Gasteiger partial charge in [-0.2, -0.15) is 0 Å². The van der Waals surface area contributed by atoms with E-state index in [9.17, 15) is 9.59 Å².